The highest BCUT2D eigenvalue weighted by Gasteiger charge is 2.04. The summed E-state index contributed by atoms with van der Waals surface area (Å²) in [5.74, 6) is -0.511. The Morgan fingerprint density at radius 3 is 2.38 bits per heavy atom. The fourth-order valence-electron chi connectivity index (χ4n) is 1.32. The molecule has 0 N–H and O–H groups in total. The Hall–Kier alpha value is -1.90. The smallest absolute Gasteiger partial charge is 0.132 e. The predicted octanol–water partition coefficient (Wildman–Crippen LogP) is 3.54. The maximum Gasteiger partial charge on any atom is 0.132 e. The van der Waals surface area contributed by atoms with Gasteiger partial charge in [-0.1, -0.05) is 18.2 Å². The Kier molecular flexibility index (Phi) is 3.15. The van der Waals surface area contributed by atoms with Crippen LogP contribution in [-0.2, 0) is 6.61 Å². The Bertz CT molecular complexity index is 469. The maximum absolute atomic E-state index is 13.2. The molecule has 16 heavy (non-hydrogen) atoms. The summed E-state index contributed by atoms with van der Waals surface area (Å²) in [6.07, 6.45) is 0. The van der Waals surface area contributed by atoms with Crippen LogP contribution in [0.1, 0.15) is 5.56 Å². The number of hydrogen-bond donors (Lipinski definition) is 0. The lowest BCUT2D eigenvalue weighted by Gasteiger charge is -2.06. The largest absolute Gasteiger partial charge is 0.489 e. The molecule has 0 heterocycles. The van der Waals surface area contributed by atoms with E-state index in [0.717, 1.165) is 6.07 Å². The van der Waals surface area contributed by atoms with Gasteiger partial charge in [-0.05, 0) is 24.3 Å². The lowest BCUT2D eigenvalue weighted by molar-refractivity contribution is 0.299. The van der Waals surface area contributed by atoms with Crippen molar-refractivity contribution in [1.82, 2.24) is 0 Å². The van der Waals surface area contributed by atoms with Gasteiger partial charge in [-0.3, -0.25) is 0 Å². The van der Waals surface area contributed by atoms with Crippen molar-refractivity contribution in [1.29, 1.82) is 0 Å². The number of benzene rings is 2. The van der Waals surface area contributed by atoms with Gasteiger partial charge in [-0.25, -0.2) is 8.78 Å². The third kappa shape index (κ3) is 2.57. The monoisotopic (exact) mass is 220 g/mol. The molecule has 0 radical (unpaired) electrons. The molecule has 0 spiro atoms. The van der Waals surface area contributed by atoms with Crippen molar-refractivity contribution in [2.24, 2.45) is 0 Å². The standard InChI is InChI=1S/C13H10F2O/c14-11-7-6-10(13(15)8-11)9-16-12-4-2-1-3-5-12/h1-8H,9H2. The highest BCUT2D eigenvalue weighted by atomic mass is 19.1. The summed E-state index contributed by atoms with van der Waals surface area (Å²) in [7, 11) is 0. The predicted molar refractivity (Wildman–Crippen MR) is 57.1 cm³/mol. The fraction of sp³-hybridized carbons (Fsp3) is 0.0769. The van der Waals surface area contributed by atoms with Crippen molar-refractivity contribution >= 4 is 0 Å². The van der Waals surface area contributed by atoms with Crippen LogP contribution in [0.4, 0.5) is 8.78 Å². The Morgan fingerprint density at radius 2 is 1.69 bits per heavy atom. The van der Waals surface area contributed by atoms with Crippen LogP contribution in [0.2, 0.25) is 0 Å². The zero-order chi connectivity index (χ0) is 11.4. The minimum atomic E-state index is -0.587. The zero-order valence-corrected chi connectivity index (χ0v) is 8.49. The van der Waals surface area contributed by atoms with E-state index in [0.29, 0.717) is 11.3 Å². The molecule has 0 aromatic heterocycles. The maximum atomic E-state index is 13.2. The molecule has 0 atom stereocenters. The van der Waals surface area contributed by atoms with E-state index in [2.05, 4.69) is 0 Å². The van der Waals surface area contributed by atoms with E-state index >= 15 is 0 Å². The molecule has 2 rings (SSSR count). The fourth-order valence-corrected chi connectivity index (χ4v) is 1.32. The van der Waals surface area contributed by atoms with Crippen molar-refractivity contribution < 1.29 is 13.5 Å². The molecule has 2 aromatic carbocycles. The van der Waals surface area contributed by atoms with E-state index in [1.807, 2.05) is 18.2 Å². The first-order valence-electron chi connectivity index (χ1n) is 4.87. The van der Waals surface area contributed by atoms with Crippen LogP contribution < -0.4 is 4.74 Å². The van der Waals surface area contributed by atoms with E-state index in [-0.39, 0.29) is 6.61 Å². The van der Waals surface area contributed by atoms with Crippen LogP contribution in [0.15, 0.2) is 48.5 Å². The highest BCUT2D eigenvalue weighted by molar-refractivity contribution is 5.23. The lowest BCUT2D eigenvalue weighted by atomic mass is 10.2. The van der Waals surface area contributed by atoms with Crippen LogP contribution in [0.25, 0.3) is 0 Å². The summed E-state index contributed by atoms with van der Waals surface area (Å²) in [6, 6.07) is 12.5. The van der Waals surface area contributed by atoms with Crippen LogP contribution in [0.5, 0.6) is 5.75 Å². The van der Waals surface area contributed by atoms with Gasteiger partial charge in [-0.2, -0.15) is 0 Å². The topological polar surface area (TPSA) is 9.23 Å². The second-order valence-corrected chi connectivity index (χ2v) is 3.34. The lowest BCUT2D eigenvalue weighted by Crippen LogP contribution is -1.98. The normalized spacial score (nSPS) is 10.1. The van der Waals surface area contributed by atoms with Crippen LogP contribution in [-0.4, -0.2) is 0 Å². The summed E-state index contributed by atoms with van der Waals surface area (Å²) in [5.41, 5.74) is 0.338. The molecule has 0 fully saturated rings. The molecule has 3 heteroatoms. The number of halogens is 2. The second kappa shape index (κ2) is 4.75. The SMILES string of the molecule is Fc1ccc(COc2ccccc2)c(F)c1. The molecular formula is C13H10F2O. The summed E-state index contributed by atoms with van der Waals surface area (Å²) in [5, 5.41) is 0. The Balaban J connectivity index is 2.05. The van der Waals surface area contributed by atoms with E-state index < -0.39 is 11.6 Å². The Labute approximate surface area is 92.3 Å². The van der Waals surface area contributed by atoms with Gasteiger partial charge in [-0.15, -0.1) is 0 Å². The van der Waals surface area contributed by atoms with Gasteiger partial charge in [0.05, 0.1) is 0 Å². The van der Waals surface area contributed by atoms with Crippen molar-refractivity contribution in [2.75, 3.05) is 0 Å². The van der Waals surface area contributed by atoms with Gasteiger partial charge < -0.3 is 4.74 Å². The summed E-state index contributed by atoms with van der Waals surface area (Å²) >= 11 is 0. The van der Waals surface area contributed by atoms with Gasteiger partial charge in [0.2, 0.25) is 0 Å². The number of para-hydroxylation sites is 1. The minimum absolute atomic E-state index is 0.0934. The third-order valence-corrected chi connectivity index (χ3v) is 2.15. The molecule has 0 aliphatic heterocycles. The summed E-state index contributed by atoms with van der Waals surface area (Å²) in [6.45, 7) is 0.0934. The van der Waals surface area contributed by atoms with Gasteiger partial charge in [0, 0.05) is 11.6 Å². The van der Waals surface area contributed by atoms with Crippen LogP contribution in [0.3, 0.4) is 0 Å². The van der Waals surface area contributed by atoms with Gasteiger partial charge >= 0.3 is 0 Å². The highest BCUT2D eigenvalue weighted by Crippen LogP contribution is 2.14. The molecule has 0 aliphatic carbocycles. The number of ether oxygens (including phenoxy) is 1. The first-order valence-corrected chi connectivity index (χ1v) is 4.87. The molecule has 0 saturated carbocycles. The molecule has 1 nitrogen and oxygen atoms in total. The van der Waals surface area contributed by atoms with Gasteiger partial charge in [0.1, 0.15) is 24.0 Å². The van der Waals surface area contributed by atoms with E-state index in [9.17, 15) is 8.78 Å². The van der Waals surface area contributed by atoms with E-state index in [1.54, 1.807) is 12.1 Å². The second-order valence-electron chi connectivity index (χ2n) is 3.34. The van der Waals surface area contributed by atoms with E-state index in [4.69, 9.17) is 4.74 Å². The van der Waals surface area contributed by atoms with Crippen molar-refractivity contribution in [3.63, 3.8) is 0 Å². The van der Waals surface area contributed by atoms with Gasteiger partial charge in [0.25, 0.3) is 0 Å². The van der Waals surface area contributed by atoms with Gasteiger partial charge in [0.15, 0.2) is 0 Å². The van der Waals surface area contributed by atoms with Crippen molar-refractivity contribution in [3.05, 3.63) is 65.7 Å². The molecular weight excluding hydrogens is 210 g/mol. The number of hydrogen-bond acceptors (Lipinski definition) is 1. The molecule has 0 unspecified atom stereocenters. The Morgan fingerprint density at radius 1 is 0.938 bits per heavy atom. The molecule has 82 valence electrons. The molecule has 0 aliphatic rings. The first kappa shape index (κ1) is 10.6. The quantitative estimate of drug-likeness (QED) is 0.768. The van der Waals surface area contributed by atoms with Crippen molar-refractivity contribution in [2.45, 2.75) is 6.61 Å². The minimum Gasteiger partial charge on any atom is -0.489 e. The molecule has 0 saturated heterocycles. The van der Waals surface area contributed by atoms with Crippen molar-refractivity contribution in [3.8, 4) is 5.75 Å². The van der Waals surface area contributed by atoms with Crippen LogP contribution >= 0.6 is 0 Å². The first-order chi connectivity index (χ1) is 7.75. The number of rotatable bonds is 3. The van der Waals surface area contributed by atoms with E-state index in [1.165, 1.54) is 12.1 Å². The molecule has 2 aromatic rings. The zero-order valence-electron chi connectivity index (χ0n) is 8.49. The summed E-state index contributed by atoms with van der Waals surface area (Å²) < 4.78 is 31.2. The van der Waals surface area contributed by atoms with Crippen LogP contribution in [0, 0.1) is 11.6 Å². The average Bonchev–Trinajstić information content (AvgIpc) is 2.29. The third-order valence-electron chi connectivity index (χ3n) is 2.15. The average molecular weight is 220 g/mol. The summed E-state index contributed by atoms with van der Waals surface area (Å²) in [4.78, 5) is 0. The molecule has 0 amide bonds. The molecule has 0 bridgehead atoms.